The first kappa shape index (κ1) is 8.97. The molecule has 2 rings (SSSR count). The predicted octanol–water partition coefficient (Wildman–Crippen LogP) is 1.42. The minimum absolute atomic E-state index is 0.0620. The van der Waals surface area contributed by atoms with Crippen molar-refractivity contribution in [2.24, 2.45) is 0 Å². The van der Waals surface area contributed by atoms with Gasteiger partial charge in [-0.25, -0.2) is 0 Å². The van der Waals surface area contributed by atoms with Crippen molar-refractivity contribution >= 4 is 11.3 Å². The highest BCUT2D eigenvalue weighted by Gasteiger charge is 2.10. The molecule has 0 unspecified atom stereocenters. The Morgan fingerprint density at radius 2 is 2.15 bits per heavy atom. The Bertz CT molecular complexity index is 311. The Balaban J connectivity index is 1.93. The van der Waals surface area contributed by atoms with Crippen molar-refractivity contribution in [3.05, 3.63) is 20.7 Å². The summed E-state index contributed by atoms with van der Waals surface area (Å²) in [4.78, 5) is 17.2. The fourth-order valence-corrected chi connectivity index (χ4v) is 2.45. The topological polar surface area (TPSA) is 36.1 Å². The van der Waals surface area contributed by atoms with Crippen LogP contribution in [0.1, 0.15) is 24.1 Å². The van der Waals surface area contributed by atoms with Crippen molar-refractivity contribution in [2.45, 2.75) is 25.8 Å². The molecule has 72 valence electrons. The SMILES string of the molecule is O=c1[nH]cc(CN2CCCCC2)s1. The van der Waals surface area contributed by atoms with E-state index < -0.39 is 0 Å². The zero-order valence-electron chi connectivity index (χ0n) is 7.58. The summed E-state index contributed by atoms with van der Waals surface area (Å²) >= 11 is 1.33. The van der Waals surface area contributed by atoms with Gasteiger partial charge in [0.1, 0.15) is 0 Å². The second kappa shape index (κ2) is 4.07. The second-order valence-corrected chi connectivity index (χ2v) is 4.58. The number of likely N-dealkylation sites (tertiary alicyclic amines) is 1. The number of piperidine rings is 1. The summed E-state index contributed by atoms with van der Waals surface area (Å²) in [7, 11) is 0. The van der Waals surface area contributed by atoms with E-state index in [4.69, 9.17) is 0 Å². The molecule has 1 aromatic heterocycles. The molecular weight excluding hydrogens is 184 g/mol. The van der Waals surface area contributed by atoms with Crippen molar-refractivity contribution in [1.29, 1.82) is 0 Å². The Morgan fingerprint density at radius 3 is 2.77 bits per heavy atom. The fourth-order valence-electron chi connectivity index (χ4n) is 1.73. The summed E-state index contributed by atoms with van der Waals surface area (Å²) in [5, 5.41) is 0. The number of rotatable bonds is 2. The van der Waals surface area contributed by atoms with Crippen LogP contribution in [0.3, 0.4) is 0 Å². The zero-order valence-corrected chi connectivity index (χ0v) is 8.40. The van der Waals surface area contributed by atoms with Gasteiger partial charge in [-0.15, -0.1) is 0 Å². The Kier molecular flexibility index (Phi) is 2.80. The van der Waals surface area contributed by atoms with E-state index in [1.165, 1.54) is 43.7 Å². The molecule has 0 spiro atoms. The lowest BCUT2D eigenvalue weighted by Gasteiger charge is -2.25. The van der Waals surface area contributed by atoms with E-state index in [-0.39, 0.29) is 4.87 Å². The summed E-state index contributed by atoms with van der Waals surface area (Å²) in [6.07, 6.45) is 5.81. The van der Waals surface area contributed by atoms with E-state index in [9.17, 15) is 4.79 Å². The smallest absolute Gasteiger partial charge is 0.304 e. The molecule has 1 aromatic rings. The molecule has 0 radical (unpaired) electrons. The summed E-state index contributed by atoms with van der Waals surface area (Å²) in [5.41, 5.74) is 0. The van der Waals surface area contributed by atoms with Crippen molar-refractivity contribution in [3.63, 3.8) is 0 Å². The number of H-pyrrole nitrogens is 1. The number of nitrogens with zero attached hydrogens (tertiary/aromatic N) is 1. The van der Waals surface area contributed by atoms with Gasteiger partial charge in [-0.1, -0.05) is 17.8 Å². The van der Waals surface area contributed by atoms with Gasteiger partial charge in [0.15, 0.2) is 0 Å². The molecule has 0 saturated carbocycles. The fraction of sp³-hybridized carbons (Fsp3) is 0.667. The highest BCUT2D eigenvalue weighted by atomic mass is 32.1. The van der Waals surface area contributed by atoms with Crippen LogP contribution in [0.4, 0.5) is 0 Å². The minimum atomic E-state index is 0.0620. The molecule has 2 heterocycles. The molecule has 4 heteroatoms. The number of hydrogen-bond donors (Lipinski definition) is 1. The average Bonchev–Trinajstić information content (AvgIpc) is 2.53. The summed E-state index contributed by atoms with van der Waals surface area (Å²) in [5.74, 6) is 0. The molecule has 13 heavy (non-hydrogen) atoms. The van der Waals surface area contributed by atoms with Crippen LogP contribution < -0.4 is 4.87 Å². The second-order valence-electron chi connectivity index (χ2n) is 3.48. The Morgan fingerprint density at radius 1 is 1.38 bits per heavy atom. The van der Waals surface area contributed by atoms with Crippen molar-refractivity contribution in [1.82, 2.24) is 9.88 Å². The Labute approximate surface area is 81.4 Å². The highest BCUT2D eigenvalue weighted by molar-refractivity contribution is 7.09. The standard InChI is InChI=1S/C9H14N2OS/c12-9-10-6-8(13-9)7-11-4-2-1-3-5-11/h6H,1-5,7H2,(H,10,12). The van der Waals surface area contributed by atoms with Crippen molar-refractivity contribution < 1.29 is 0 Å². The van der Waals surface area contributed by atoms with Gasteiger partial charge in [0.2, 0.25) is 0 Å². The quantitative estimate of drug-likeness (QED) is 0.780. The van der Waals surface area contributed by atoms with Gasteiger partial charge >= 0.3 is 4.87 Å². The molecule has 1 aliphatic rings. The van der Waals surface area contributed by atoms with Gasteiger partial charge in [0, 0.05) is 17.6 Å². The first-order valence-electron chi connectivity index (χ1n) is 4.74. The van der Waals surface area contributed by atoms with Gasteiger partial charge in [-0.3, -0.25) is 9.69 Å². The third-order valence-electron chi connectivity index (χ3n) is 2.40. The highest BCUT2D eigenvalue weighted by Crippen LogP contribution is 2.13. The first-order chi connectivity index (χ1) is 6.34. The summed E-state index contributed by atoms with van der Waals surface area (Å²) in [6.45, 7) is 3.32. The third kappa shape index (κ3) is 2.42. The van der Waals surface area contributed by atoms with Gasteiger partial charge in [0.25, 0.3) is 0 Å². The third-order valence-corrected chi connectivity index (χ3v) is 3.22. The van der Waals surface area contributed by atoms with Gasteiger partial charge in [-0.2, -0.15) is 0 Å². The number of hydrogen-bond acceptors (Lipinski definition) is 3. The largest absolute Gasteiger partial charge is 0.319 e. The molecule has 1 aliphatic heterocycles. The normalized spacial score (nSPS) is 19.1. The van der Waals surface area contributed by atoms with Crippen molar-refractivity contribution in [2.75, 3.05) is 13.1 Å². The molecule has 1 N–H and O–H groups in total. The number of aromatic amines is 1. The van der Waals surface area contributed by atoms with Crippen LogP contribution in [-0.2, 0) is 6.54 Å². The molecule has 0 atom stereocenters. The lowest BCUT2D eigenvalue weighted by Crippen LogP contribution is -2.28. The zero-order chi connectivity index (χ0) is 9.10. The van der Waals surface area contributed by atoms with E-state index >= 15 is 0 Å². The monoisotopic (exact) mass is 198 g/mol. The summed E-state index contributed by atoms with van der Waals surface area (Å²) < 4.78 is 0. The number of nitrogens with one attached hydrogen (secondary N) is 1. The molecule has 0 aromatic carbocycles. The average molecular weight is 198 g/mol. The van der Waals surface area contributed by atoms with E-state index in [0.717, 1.165) is 11.4 Å². The lowest BCUT2D eigenvalue weighted by molar-refractivity contribution is 0.222. The van der Waals surface area contributed by atoms with E-state index in [1.807, 2.05) is 6.20 Å². The maximum absolute atomic E-state index is 10.9. The van der Waals surface area contributed by atoms with Crippen LogP contribution in [-0.4, -0.2) is 23.0 Å². The molecule has 0 amide bonds. The van der Waals surface area contributed by atoms with E-state index in [1.54, 1.807) is 0 Å². The Hall–Kier alpha value is -0.610. The predicted molar refractivity (Wildman–Crippen MR) is 54.1 cm³/mol. The van der Waals surface area contributed by atoms with Crippen LogP contribution in [0.25, 0.3) is 0 Å². The molecule has 1 fully saturated rings. The van der Waals surface area contributed by atoms with Gasteiger partial charge in [-0.05, 0) is 25.9 Å². The van der Waals surface area contributed by atoms with E-state index in [0.29, 0.717) is 0 Å². The molecule has 0 aliphatic carbocycles. The molecule has 0 bridgehead atoms. The van der Waals surface area contributed by atoms with Crippen LogP contribution in [0.2, 0.25) is 0 Å². The number of aromatic nitrogens is 1. The summed E-state index contributed by atoms with van der Waals surface area (Å²) in [6, 6.07) is 0. The lowest BCUT2D eigenvalue weighted by atomic mass is 10.1. The maximum atomic E-state index is 10.9. The molecular formula is C9H14N2OS. The number of thiazole rings is 1. The maximum Gasteiger partial charge on any atom is 0.304 e. The first-order valence-corrected chi connectivity index (χ1v) is 5.56. The van der Waals surface area contributed by atoms with Crippen LogP contribution in [0, 0.1) is 0 Å². The van der Waals surface area contributed by atoms with Crippen LogP contribution >= 0.6 is 11.3 Å². The molecule has 1 saturated heterocycles. The van der Waals surface area contributed by atoms with Gasteiger partial charge < -0.3 is 4.98 Å². The van der Waals surface area contributed by atoms with Crippen molar-refractivity contribution in [3.8, 4) is 0 Å². The van der Waals surface area contributed by atoms with E-state index in [2.05, 4.69) is 9.88 Å². The van der Waals surface area contributed by atoms with Crippen LogP contribution in [0.5, 0.6) is 0 Å². The van der Waals surface area contributed by atoms with Crippen LogP contribution in [0.15, 0.2) is 11.0 Å². The van der Waals surface area contributed by atoms with Gasteiger partial charge in [0.05, 0.1) is 0 Å². The minimum Gasteiger partial charge on any atom is -0.319 e. The molecule has 3 nitrogen and oxygen atoms in total.